The Bertz CT molecular complexity index is 477. The molecule has 0 bridgehead atoms. The second-order valence-corrected chi connectivity index (χ2v) is 4.61. The molecule has 0 saturated carbocycles. The lowest BCUT2D eigenvalue weighted by Crippen LogP contribution is -2.14. The summed E-state index contributed by atoms with van der Waals surface area (Å²) in [5, 5.41) is 21.7. The zero-order chi connectivity index (χ0) is 12.8. The monoisotopic (exact) mass is 267 g/mol. The maximum Gasteiger partial charge on any atom is 0.237 e. The van der Waals surface area contributed by atoms with Crippen molar-refractivity contribution in [3.05, 3.63) is 30.3 Å². The molecule has 2 N–H and O–H groups in total. The van der Waals surface area contributed by atoms with E-state index in [2.05, 4.69) is 15.1 Å². The lowest BCUT2D eigenvalue weighted by atomic mass is 10.3. The van der Waals surface area contributed by atoms with Gasteiger partial charge >= 0.3 is 0 Å². The van der Waals surface area contributed by atoms with Crippen molar-refractivity contribution in [3.8, 4) is 11.5 Å². The summed E-state index contributed by atoms with van der Waals surface area (Å²) in [6.45, 7) is -0.240. The van der Waals surface area contributed by atoms with Crippen molar-refractivity contribution in [1.29, 1.82) is 0 Å². The molecule has 2 aromatic heterocycles. The van der Waals surface area contributed by atoms with Gasteiger partial charge in [-0.15, -0.1) is 11.8 Å². The SMILES string of the molecule is OCC(O)CSCc1nc(-c2ccccn2)no1. The minimum absolute atomic E-state index is 0.240. The van der Waals surface area contributed by atoms with Gasteiger partial charge in [0.15, 0.2) is 0 Å². The summed E-state index contributed by atoms with van der Waals surface area (Å²) in [6.07, 6.45) is 0.950. The first-order valence-electron chi connectivity index (χ1n) is 5.40. The molecule has 0 amide bonds. The Kier molecular flexibility index (Phi) is 4.68. The molecule has 1 atom stereocenters. The fourth-order valence-corrected chi connectivity index (χ4v) is 2.03. The molecule has 6 nitrogen and oxygen atoms in total. The van der Waals surface area contributed by atoms with Gasteiger partial charge in [0.25, 0.3) is 0 Å². The van der Waals surface area contributed by atoms with E-state index in [-0.39, 0.29) is 6.61 Å². The predicted molar refractivity (Wildman–Crippen MR) is 66.8 cm³/mol. The molecule has 0 saturated heterocycles. The van der Waals surface area contributed by atoms with Crippen LogP contribution in [0, 0.1) is 0 Å². The summed E-state index contributed by atoms with van der Waals surface area (Å²) in [6, 6.07) is 5.47. The van der Waals surface area contributed by atoms with Gasteiger partial charge in [0.1, 0.15) is 5.69 Å². The first-order chi connectivity index (χ1) is 8.79. The fraction of sp³-hybridized carbons (Fsp3) is 0.364. The van der Waals surface area contributed by atoms with Gasteiger partial charge in [-0.25, -0.2) is 0 Å². The lowest BCUT2D eigenvalue weighted by molar-refractivity contribution is 0.113. The van der Waals surface area contributed by atoms with Crippen LogP contribution in [-0.4, -0.2) is 43.8 Å². The molecule has 0 aromatic carbocycles. The number of aromatic nitrogens is 3. The van der Waals surface area contributed by atoms with Crippen LogP contribution in [0.4, 0.5) is 0 Å². The number of thioether (sulfide) groups is 1. The maximum atomic E-state index is 9.17. The van der Waals surface area contributed by atoms with Gasteiger partial charge in [0, 0.05) is 11.9 Å². The van der Waals surface area contributed by atoms with Crippen LogP contribution < -0.4 is 0 Å². The second-order valence-electron chi connectivity index (χ2n) is 3.58. The molecule has 7 heteroatoms. The van der Waals surface area contributed by atoms with Crippen molar-refractivity contribution in [2.45, 2.75) is 11.9 Å². The normalized spacial score (nSPS) is 12.6. The number of aliphatic hydroxyl groups is 2. The Morgan fingerprint density at radius 2 is 2.28 bits per heavy atom. The first kappa shape index (κ1) is 13.0. The molecule has 0 aliphatic rings. The standard InChI is InChI=1S/C11H13N3O3S/c15-5-8(16)6-18-7-10-13-11(14-17-10)9-3-1-2-4-12-9/h1-4,8,15-16H,5-7H2. The van der Waals surface area contributed by atoms with Crippen molar-refractivity contribution in [2.75, 3.05) is 12.4 Å². The number of hydrogen-bond acceptors (Lipinski definition) is 7. The number of hydrogen-bond donors (Lipinski definition) is 2. The van der Waals surface area contributed by atoms with E-state index >= 15 is 0 Å². The minimum atomic E-state index is -0.715. The number of pyridine rings is 1. The highest BCUT2D eigenvalue weighted by molar-refractivity contribution is 7.98. The first-order valence-corrected chi connectivity index (χ1v) is 6.55. The third-order valence-corrected chi connectivity index (χ3v) is 3.18. The van der Waals surface area contributed by atoms with Crippen LogP contribution in [0.25, 0.3) is 11.5 Å². The van der Waals surface area contributed by atoms with Crippen molar-refractivity contribution < 1.29 is 14.7 Å². The smallest absolute Gasteiger partial charge is 0.237 e. The Balaban J connectivity index is 1.91. The summed E-state index contributed by atoms with van der Waals surface area (Å²) in [4.78, 5) is 8.32. The van der Waals surface area contributed by atoms with Crippen LogP contribution >= 0.6 is 11.8 Å². The van der Waals surface area contributed by atoms with Crippen molar-refractivity contribution in [2.24, 2.45) is 0 Å². The van der Waals surface area contributed by atoms with Crippen LogP contribution in [0.5, 0.6) is 0 Å². The molecule has 0 aliphatic heterocycles. The summed E-state index contributed by atoms with van der Waals surface area (Å²) < 4.78 is 5.07. The molecule has 2 heterocycles. The van der Waals surface area contributed by atoms with E-state index in [1.54, 1.807) is 12.3 Å². The minimum Gasteiger partial charge on any atom is -0.394 e. The van der Waals surface area contributed by atoms with Crippen molar-refractivity contribution in [1.82, 2.24) is 15.1 Å². The van der Waals surface area contributed by atoms with E-state index in [4.69, 9.17) is 9.63 Å². The zero-order valence-corrected chi connectivity index (χ0v) is 10.4. The van der Waals surface area contributed by atoms with Gasteiger partial charge in [-0.3, -0.25) is 4.98 Å². The Labute approximate surface area is 108 Å². The molecule has 0 aliphatic carbocycles. The van der Waals surface area contributed by atoms with Crippen molar-refractivity contribution >= 4 is 11.8 Å². The lowest BCUT2D eigenvalue weighted by Gasteiger charge is -2.03. The maximum absolute atomic E-state index is 9.17. The summed E-state index contributed by atoms with van der Waals surface area (Å²) >= 11 is 1.42. The van der Waals surface area contributed by atoms with E-state index in [0.29, 0.717) is 28.9 Å². The van der Waals surface area contributed by atoms with Crippen LogP contribution in [-0.2, 0) is 5.75 Å². The molecular weight excluding hydrogens is 254 g/mol. The van der Waals surface area contributed by atoms with Gasteiger partial charge in [-0.1, -0.05) is 11.2 Å². The van der Waals surface area contributed by atoms with Crippen molar-refractivity contribution in [3.63, 3.8) is 0 Å². The van der Waals surface area contributed by atoms with E-state index < -0.39 is 6.10 Å². The molecule has 2 aromatic rings. The fourth-order valence-electron chi connectivity index (χ4n) is 1.25. The van der Waals surface area contributed by atoms with Crippen LogP contribution in [0.2, 0.25) is 0 Å². The van der Waals surface area contributed by atoms with Gasteiger partial charge < -0.3 is 14.7 Å². The van der Waals surface area contributed by atoms with E-state index in [0.717, 1.165) is 0 Å². The van der Waals surface area contributed by atoms with E-state index in [1.165, 1.54) is 11.8 Å². The summed E-state index contributed by atoms with van der Waals surface area (Å²) in [7, 11) is 0. The highest BCUT2D eigenvalue weighted by atomic mass is 32.2. The molecule has 1 unspecified atom stereocenters. The largest absolute Gasteiger partial charge is 0.394 e. The molecule has 0 spiro atoms. The highest BCUT2D eigenvalue weighted by Gasteiger charge is 2.10. The third kappa shape index (κ3) is 3.52. The predicted octanol–water partition coefficient (Wildman–Crippen LogP) is 0.718. The molecule has 0 radical (unpaired) electrons. The van der Waals surface area contributed by atoms with Crippen LogP contribution in [0.15, 0.2) is 28.9 Å². The topological polar surface area (TPSA) is 92.3 Å². The number of nitrogens with zero attached hydrogens (tertiary/aromatic N) is 3. The van der Waals surface area contributed by atoms with Gasteiger partial charge in [0.2, 0.25) is 11.7 Å². The molecule has 0 fully saturated rings. The summed E-state index contributed by atoms with van der Waals surface area (Å²) in [5.41, 5.74) is 0.660. The zero-order valence-electron chi connectivity index (χ0n) is 9.56. The molecule has 96 valence electrons. The van der Waals surface area contributed by atoms with Crippen LogP contribution in [0.3, 0.4) is 0 Å². The quantitative estimate of drug-likeness (QED) is 0.796. The average Bonchev–Trinajstić information content (AvgIpc) is 2.88. The Morgan fingerprint density at radius 1 is 1.39 bits per heavy atom. The molecule has 2 rings (SSSR count). The third-order valence-electron chi connectivity index (χ3n) is 2.11. The summed E-state index contributed by atoms with van der Waals surface area (Å²) in [5.74, 6) is 1.86. The van der Waals surface area contributed by atoms with Gasteiger partial charge in [-0.05, 0) is 12.1 Å². The Morgan fingerprint density at radius 3 is 3.00 bits per heavy atom. The average molecular weight is 267 g/mol. The van der Waals surface area contributed by atoms with E-state index in [1.807, 2.05) is 12.1 Å². The van der Waals surface area contributed by atoms with Gasteiger partial charge in [0.05, 0.1) is 18.5 Å². The molecule has 18 heavy (non-hydrogen) atoms. The van der Waals surface area contributed by atoms with Crippen LogP contribution in [0.1, 0.15) is 5.89 Å². The number of rotatable bonds is 6. The Hall–Kier alpha value is -1.44. The second kappa shape index (κ2) is 6.48. The highest BCUT2D eigenvalue weighted by Crippen LogP contribution is 2.16. The van der Waals surface area contributed by atoms with E-state index in [9.17, 15) is 5.11 Å². The van der Waals surface area contributed by atoms with Gasteiger partial charge in [-0.2, -0.15) is 4.98 Å². The molecular formula is C11H13N3O3S. The number of aliphatic hydroxyl groups excluding tert-OH is 2.